The minimum Gasteiger partial charge on any atom is -0.355 e. The number of amides is 5. The topological polar surface area (TPSA) is 282 Å². The Morgan fingerprint density at radius 1 is 0.284 bits per heavy atom. The number of hydrogen-bond donors (Lipinski definition) is 2. The van der Waals surface area contributed by atoms with Crippen LogP contribution < -0.4 is 10.4 Å². The number of nitrogens with one attached hydrogen (secondary N) is 2. The van der Waals surface area contributed by atoms with E-state index in [1.807, 2.05) is 6.92 Å². The molecule has 0 aromatic heterocycles. The molecule has 0 fully saturated rings. The molecule has 0 unspecified atom stereocenters. The molecule has 0 aliphatic rings. The highest BCUT2D eigenvalue weighted by atomic mass is 31.2. The molecular weight excluding hydrogens is 1060 g/mol. The summed E-state index contributed by atoms with van der Waals surface area (Å²) in [6, 6.07) is 0. The van der Waals surface area contributed by atoms with Gasteiger partial charge in [-0.15, -0.1) is 0 Å². The lowest BCUT2D eigenvalue weighted by molar-refractivity contribution is -0.134. The van der Waals surface area contributed by atoms with E-state index in [4.69, 9.17) is 0 Å². The number of ketones is 8. The van der Waals surface area contributed by atoms with Crippen molar-refractivity contribution in [1.29, 1.82) is 0 Å². The van der Waals surface area contributed by atoms with Gasteiger partial charge in [0.1, 0.15) is 46.3 Å². The molecule has 2 N–H and O–H groups in total. The van der Waals surface area contributed by atoms with Gasteiger partial charge < -0.3 is 24.9 Å². The van der Waals surface area contributed by atoms with Gasteiger partial charge in [-0.05, 0) is 6.42 Å². The van der Waals surface area contributed by atoms with Crippen molar-refractivity contribution in [3.05, 3.63) is 0 Å². The van der Waals surface area contributed by atoms with Crippen LogP contribution in [0.2, 0.25) is 0 Å². The summed E-state index contributed by atoms with van der Waals surface area (Å²) >= 11 is 0. The van der Waals surface area contributed by atoms with Crippen LogP contribution >= 0.6 is 7.59 Å². The molecule has 0 radical (unpaired) electrons. The van der Waals surface area contributed by atoms with E-state index in [0.29, 0.717) is 6.42 Å². The van der Waals surface area contributed by atoms with Crippen LogP contribution in [0.3, 0.4) is 0 Å². The summed E-state index contributed by atoms with van der Waals surface area (Å²) < 4.78 is 19.5. The van der Waals surface area contributed by atoms with Gasteiger partial charge in [0.15, 0.2) is 0 Å². The molecule has 0 saturated heterocycles. The van der Waals surface area contributed by atoms with Crippen LogP contribution in [0.5, 0.6) is 0 Å². The minimum absolute atomic E-state index is 0.00103. The standard InChI is InChI=1S/C58H101N8O14P/c1-10-19-54(75)59-32-33-60-81(80,65(42-28-55(76)61(34-20-46(67)11-2)35-21-47(68)12-3)43-29-56(77)62(36-22-48(69)13-4)37-23-49(70)14-5)66(44-30-57(78)63(38-24-50(71)15-6)39-25-51(72)16-7)45-31-58(79)64(40-26-52(73)17-8)41-27-53(74)18-9/h10-45H2,1-9H3,(H,59,75)(H,60,80). The quantitative estimate of drug-likeness (QED) is 0.0519. The normalized spacial score (nSPS) is 11.3. The van der Waals surface area contributed by atoms with Gasteiger partial charge in [0, 0.05) is 226 Å². The summed E-state index contributed by atoms with van der Waals surface area (Å²) in [7, 11) is -4.50. The van der Waals surface area contributed by atoms with E-state index in [2.05, 4.69) is 10.4 Å². The van der Waals surface area contributed by atoms with E-state index in [1.54, 1.807) is 55.4 Å². The average molecular weight is 1170 g/mol. The molecule has 462 valence electrons. The van der Waals surface area contributed by atoms with Gasteiger partial charge in [-0.25, -0.2) is 14.4 Å². The van der Waals surface area contributed by atoms with Gasteiger partial charge in [-0.1, -0.05) is 62.3 Å². The van der Waals surface area contributed by atoms with Gasteiger partial charge in [0.2, 0.25) is 29.5 Å². The van der Waals surface area contributed by atoms with Crippen LogP contribution in [0.15, 0.2) is 0 Å². The molecule has 0 aromatic rings. The van der Waals surface area contributed by atoms with E-state index >= 15 is 4.57 Å². The Labute approximate surface area is 483 Å². The number of carbonyl (C=O) groups is 13. The molecule has 0 saturated carbocycles. The second-order valence-electron chi connectivity index (χ2n) is 20.1. The van der Waals surface area contributed by atoms with Gasteiger partial charge >= 0.3 is 0 Å². The lowest BCUT2D eigenvalue weighted by Crippen LogP contribution is -2.46. The van der Waals surface area contributed by atoms with Gasteiger partial charge in [-0.3, -0.25) is 66.9 Å². The zero-order valence-electron chi connectivity index (χ0n) is 50.8. The first kappa shape index (κ1) is 75.8. The summed E-state index contributed by atoms with van der Waals surface area (Å²) in [5.41, 5.74) is 0. The van der Waals surface area contributed by atoms with Crippen LogP contribution in [0.4, 0.5) is 0 Å². The molecule has 5 amide bonds. The molecular formula is C58H101N8O14P. The van der Waals surface area contributed by atoms with Gasteiger partial charge in [-0.2, -0.15) is 0 Å². The highest BCUT2D eigenvalue weighted by Crippen LogP contribution is 2.50. The van der Waals surface area contributed by atoms with Crippen molar-refractivity contribution >= 4 is 83.4 Å². The predicted octanol–water partition coefficient (Wildman–Crippen LogP) is 6.03. The molecule has 0 spiro atoms. The van der Waals surface area contributed by atoms with Crippen LogP contribution in [-0.4, -0.2) is 196 Å². The monoisotopic (exact) mass is 1160 g/mol. The molecule has 0 aliphatic heterocycles. The van der Waals surface area contributed by atoms with E-state index in [0.717, 1.165) is 0 Å². The van der Waals surface area contributed by atoms with Crippen LogP contribution in [0.1, 0.15) is 204 Å². The molecule has 22 nitrogen and oxygen atoms in total. The van der Waals surface area contributed by atoms with Crippen molar-refractivity contribution < 1.29 is 66.9 Å². The largest absolute Gasteiger partial charge is 0.355 e. The van der Waals surface area contributed by atoms with Crippen LogP contribution in [-0.2, 0) is 66.9 Å². The highest BCUT2D eigenvalue weighted by molar-refractivity contribution is 7.57. The second-order valence-corrected chi connectivity index (χ2v) is 22.7. The number of rotatable bonds is 52. The van der Waals surface area contributed by atoms with Crippen molar-refractivity contribution in [2.45, 2.75) is 204 Å². The number of carbonyl (C=O) groups excluding carboxylic acids is 13. The molecule has 0 heterocycles. The Morgan fingerprint density at radius 3 is 0.679 bits per heavy atom. The first-order chi connectivity index (χ1) is 38.5. The van der Waals surface area contributed by atoms with Crippen molar-refractivity contribution in [2.24, 2.45) is 0 Å². The third-order valence-corrected chi connectivity index (χ3v) is 17.2. The minimum atomic E-state index is -4.50. The predicted molar refractivity (Wildman–Crippen MR) is 311 cm³/mol. The van der Waals surface area contributed by atoms with Crippen molar-refractivity contribution in [3.8, 4) is 0 Å². The third-order valence-electron chi connectivity index (χ3n) is 14.2. The zero-order chi connectivity index (χ0) is 61.3. The molecule has 0 bridgehead atoms. The molecule has 81 heavy (non-hydrogen) atoms. The van der Waals surface area contributed by atoms with Crippen molar-refractivity contribution in [1.82, 2.24) is 39.3 Å². The number of nitrogens with zero attached hydrogens (tertiary/aromatic N) is 6. The van der Waals surface area contributed by atoms with E-state index in [9.17, 15) is 62.3 Å². The average Bonchev–Trinajstić information content (AvgIpc) is 3.49. The summed E-state index contributed by atoms with van der Waals surface area (Å²) in [5.74, 6) is -3.15. The summed E-state index contributed by atoms with van der Waals surface area (Å²) in [5, 5.41) is 5.92. The van der Waals surface area contributed by atoms with Crippen LogP contribution in [0, 0.1) is 0 Å². The fraction of sp³-hybridized carbons (Fsp3) is 0.776. The molecule has 0 atom stereocenters. The lowest BCUT2D eigenvalue weighted by atomic mass is 10.1. The van der Waals surface area contributed by atoms with E-state index in [1.165, 1.54) is 28.9 Å². The maximum Gasteiger partial charge on any atom is 0.284 e. The summed E-state index contributed by atoms with van der Waals surface area (Å²) in [6.45, 7) is 13.9. The lowest BCUT2D eigenvalue weighted by Gasteiger charge is -2.40. The SMILES string of the molecule is CCCC(=O)NCCNP(=O)(N(CCC(=O)N(CCC(=O)CC)CCC(=O)CC)CCC(=O)N(CCC(=O)CC)CCC(=O)CC)N(CCC(=O)N(CCC(=O)CC)CCC(=O)CC)CCC(=O)N(CCC(=O)CC)CCC(=O)CC. The number of hydrogen-bond acceptors (Lipinski definition) is 14. The van der Waals surface area contributed by atoms with E-state index < -0.39 is 31.2 Å². The molecule has 23 heteroatoms. The fourth-order valence-electron chi connectivity index (χ4n) is 8.33. The third kappa shape index (κ3) is 32.9. The molecule has 0 rings (SSSR count). The van der Waals surface area contributed by atoms with Crippen molar-refractivity contribution in [2.75, 3.05) is 91.6 Å². The Kier molecular flexibility index (Phi) is 41.6. The number of Topliss-reactive ketones (excluding diaryl/α,β-unsaturated/α-hetero) is 8. The summed E-state index contributed by atoms with van der Waals surface area (Å²) in [6.07, 6.45) is 1.25. The Hall–Kier alpha value is -5.18. The van der Waals surface area contributed by atoms with Crippen LogP contribution in [0.25, 0.3) is 0 Å². The Balaban J connectivity index is 8.28. The molecule has 0 aliphatic carbocycles. The Bertz CT molecular complexity index is 1780. The summed E-state index contributed by atoms with van der Waals surface area (Å²) in [4.78, 5) is 177. The first-order valence-electron chi connectivity index (χ1n) is 29.9. The van der Waals surface area contributed by atoms with Crippen molar-refractivity contribution in [3.63, 3.8) is 0 Å². The maximum atomic E-state index is 16.7. The van der Waals surface area contributed by atoms with E-state index in [-0.39, 0.29) is 279 Å². The first-order valence-corrected chi connectivity index (χ1v) is 31.5. The smallest absolute Gasteiger partial charge is 0.284 e. The zero-order valence-corrected chi connectivity index (χ0v) is 51.7. The second kappa shape index (κ2) is 44.4. The van der Waals surface area contributed by atoms with Gasteiger partial charge in [0.25, 0.3) is 7.59 Å². The Morgan fingerprint density at radius 2 is 0.494 bits per heavy atom. The van der Waals surface area contributed by atoms with Gasteiger partial charge in [0.05, 0.1) is 0 Å². The fourth-order valence-corrected chi connectivity index (χ4v) is 11.0. The highest BCUT2D eigenvalue weighted by Gasteiger charge is 2.39. The molecule has 0 aromatic carbocycles. The maximum absolute atomic E-state index is 16.7.